The van der Waals surface area contributed by atoms with Crippen LogP contribution < -0.4 is 15.8 Å². The van der Waals surface area contributed by atoms with E-state index in [1.807, 2.05) is 13.0 Å². The number of halogens is 1. The minimum atomic E-state index is -0.611. The second-order valence-electron chi connectivity index (χ2n) is 5.04. The third kappa shape index (κ3) is 3.28. The summed E-state index contributed by atoms with van der Waals surface area (Å²) < 4.78 is 11.8. The lowest BCUT2D eigenvalue weighted by Crippen LogP contribution is -2.25. The van der Waals surface area contributed by atoms with Gasteiger partial charge in [-0.15, -0.1) is 0 Å². The molecule has 1 aromatic heterocycles. The average molecular weight is 347 g/mol. The summed E-state index contributed by atoms with van der Waals surface area (Å²) in [6, 6.07) is 11.9. The maximum Gasteiger partial charge on any atom is 0.420 e. The standard InChI is InChI=1S/C17H15ClN2O4/c1-2-23-14-6-4-3-5-12(14)19-16(21)10-20-13-9-11(18)7-8-15(13)24-17(20)22/h3-9H,2,10H2,1H3,(H,19,21). The van der Waals surface area contributed by atoms with Crippen molar-refractivity contribution in [2.45, 2.75) is 13.5 Å². The molecular formula is C17H15ClN2O4. The minimum absolute atomic E-state index is 0.188. The minimum Gasteiger partial charge on any atom is -0.492 e. The Balaban J connectivity index is 1.85. The smallest absolute Gasteiger partial charge is 0.420 e. The Bertz CT molecular complexity index is 945. The van der Waals surface area contributed by atoms with Crippen molar-refractivity contribution in [2.75, 3.05) is 11.9 Å². The van der Waals surface area contributed by atoms with Crippen LogP contribution in [0.15, 0.2) is 51.7 Å². The molecule has 0 fully saturated rings. The normalized spacial score (nSPS) is 10.8. The number of amides is 1. The van der Waals surface area contributed by atoms with Gasteiger partial charge in [0.05, 0.1) is 17.8 Å². The molecule has 0 saturated heterocycles. The van der Waals surface area contributed by atoms with Gasteiger partial charge in [0.25, 0.3) is 0 Å². The number of hydrogen-bond donors (Lipinski definition) is 1. The van der Waals surface area contributed by atoms with E-state index < -0.39 is 5.76 Å². The Kier molecular flexibility index (Phi) is 4.57. The number of fused-ring (bicyclic) bond motifs is 1. The van der Waals surface area contributed by atoms with E-state index in [4.69, 9.17) is 20.8 Å². The zero-order valence-corrected chi connectivity index (χ0v) is 13.7. The molecule has 6 nitrogen and oxygen atoms in total. The van der Waals surface area contributed by atoms with Crippen LogP contribution in [0.2, 0.25) is 5.02 Å². The summed E-state index contributed by atoms with van der Waals surface area (Å²) in [5.41, 5.74) is 1.40. The third-order valence-corrected chi connectivity index (χ3v) is 3.63. The van der Waals surface area contributed by atoms with E-state index in [0.29, 0.717) is 34.2 Å². The maximum absolute atomic E-state index is 12.3. The molecule has 1 N–H and O–H groups in total. The SMILES string of the molecule is CCOc1ccccc1NC(=O)Cn1c(=O)oc2ccc(Cl)cc21. The number of rotatable bonds is 5. The quantitative estimate of drug-likeness (QED) is 0.769. The Labute approximate surface area is 142 Å². The number of aromatic nitrogens is 1. The van der Waals surface area contributed by atoms with Crippen LogP contribution >= 0.6 is 11.6 Å². The van der Waals surface area contributed by atoms with Gasteiger partial charge in [0.2, 0.25) is 5.91 Å². The van der Waals surface area contributed by atoms with Gasteiger partial charge in [-0.05, 0) is 37.3 Å². The van der Waals surface area contributed by atoms with Crippen molar-refractivity contribution in [1.82, 2.24) is 4.57 Å². The van der Waals surface area contributed by atoms with Crippen LogP contribution in [-0.4, -0.2) is 17.1 Å². The maximum atomic E-state index is 12.3. The number of carbonyl (C=O) groups excluding carboxylic acids is 1. The Morgan fingerprint density at radius 1 is 1.29 bits per heavy atom. The van der Waals surface area contributed by atoms with E-state index in [9.17, 15) is 9.59 Å². The van der Waals surface area contributed by atoms with Crippen molar-refractivity contribution >= 4 is 34.3 Å². The van der Waals surface area contributed by atoms with Crippen molar-refractivity contribution in [3.05, 3.63) is 58.0 Å². The summed E-state index contributed by atoms with van der Waals surface area (Å²) in [6.45, 7) is 2.16. The number of nitrogens with one attached hydrogen (secondary N) is 1. The number of carbonyl (C=O) groups is 1. The molecule has 124 valence electrons. The van der Waals surface area contributed by atoms with Gasteiger partial charge in [-0.25, -0.2) is 4.79 Å². The summed E-state index contributed by atoms with van der Waals surface area (Å²) in [5.74, 6) is -0.409. The molecular weight excluding hydrogens is 332 g/mol. The molecule has 3 aromatic rings. The number of benzene rings is 2. The van der Waals surface area contributed by atoms with Gasteiger partial charge < -0.3 is 14.5 Å². The van der Waals surface area contributed by atoms with E-state index in [0.717, 1.165) is 0 Å². The number of nitrogens with zero attached hydrogens (tertiary/aromatic N) is 1. The fourth-order valence-corrected chi connectivity index (χ4v) is 2.54. The topological polar surface area (TPSA) is 73.5 Å². The first-order valence-corrected chi connectivity index (χ1v) is 7.77. The molecule has 2 aromatic carbocycles. The van der Waals surface area contributed by atoms with Gasteiger partial charge in [-0.3, -0.25) is 9.36 Å². The van der Waals surface area contributed by atoms with Crippen molar-refractivity contribution in [2.24, 2.45) is 0 Å². The summed E-state index contributed by atoms with van der Waals surface area (Å²) in [5, 5.41) is 3.20. The molecule has 24 heavy (non-hydrogen) atoms. The van der Waals surface area contributed by atoms with Crippen molar-refractivity contribution in [3.63, 3.8) is 0 Å². The van der Waals surface area contributed by atoms with E-state index >= 15 is 0 Å². The van der Waals surface area contributed by atoms with Crippen LogP contribution in [0.3, 0.4) is 0 Å². The van der Waals surface area contributed by atoms with Gasteiger partial charge in [0.15, 0.2) is 5.58 Å². The third-order valence-electron chi connectivity index (χ3n) is 3.39. The van der Waals surface area contributed by atoms with E-state index in [1.165, 1.54) is 4.57 Å². The summed E-state index contributed by atoms with van der Waals surface area (Å²) in [4.78, 5) is 24.3. The molecule has 0 spiro atoms. The van der Waals surface area contributed by atoms with Gasteiger partial charge in [-0.2, -0.15) is 0 Å². The van der Waals surface area contributed by atoms with Crippen molar-refractivity contribution in [1.29, 1.82) is 0 Å². The van der Waals surface area contributed by atoms with Crippen LogP contribution in [0, 0.1) is 0 Å². The molecule has 0 aliphatic carbocycles. The highest BCUT2D eigenvalue weighted by atomic mass is 35.5. The molecule has 0 atom stereocenters. The van der Waals surface area contributed by atoms with E-state index in [-0.39, 0.29) is 12.5 Å². The van der Waals surface area contributed by atoms with Crippen LogP contribution in [0.4, 0.5) is 5.69 Å². The molecule has 0 aliphatic heterocycles. The van der Waals surface area contributed by atoms with Gasteiger partial charge in [0, 0.05) is 5.02 Å². The van der Waals surface area contributed by atoms with Gasteiger partial charge in [0.1, 0.15) is 12.3 Å². The second kappa shape index (κ2) is 6.80. The molecule has 1 amide bonds. The molecule has 7 heteroatoms. The second-order valence-corrected chi connectivity index (χ2v) is 5.48. The fraction of sp³-hybridized carbons (Fsp3) is 0.176. The van der Waals surface area contributed by atoms with Crippen LogP contribution in [0.25, 0.3) is 11.1 Å². The average Bonchev–Trinajstić information content (AvgIpc) is 2.85. The van der Waals surface area contributed by atoms with Gasteiger partial charge in [-0.1, -0.05) is 23.7 Å². The molecule has 3 rings (SSSR count). The summed E-state index contributed by atoms with van der Waals surface area (Å²) in [6.07, 6.45) is 0. The number of hydrogen-bond acceptors (Lipinski definition) is 4. The van der Waals surface area contributed by atoms with Gasteiger partial charge >= 0.3 is 5.76 Å². The predicted molar refractivity (Wildman–Crippen MR) is 91.7 cm³/mol. The molecule has 0 bridgehead atoms. The number of anilines is 1. The Morgan fingerprint density at radius 3 is 2.88 bits per heavy atom. The first-order chi connectivity index (χ1) is 11.6. The molecule has 0 unspecified atom stereocenters. The highest BCUT2D eigenvalue weighted by Gasteiger charge is 2.14. The number of ether oxygens (including phenoxy) is 1. The molecule has 0 saturated carbocycles. The van der Waals surface area contributed by atoms with Crippen LogP contribution in [-0.2, 0) is 11.3 Å². The van der Waals surface area contributed by atoms with E-state index in [1.54, 1.807) is 36.4 Å². The fourth-order valence-electron chi connectivity index (χ4n) is 2.37. The Hall–Kier alpha value is -2.73. The molecule has 0 radical (unpaired) electrons. The zero-order chi connectivity index (χ0) is 17.1. The highest BCUT2D eigenvalue weighted by molar-refractivity contribution is 6.31. The van der Waals surface area contributed by atoms with Crippen molar-refractivity contribution in [3.8, 4) is 5.75 Å². The lowest BCUT2D eigenvalue weighted by Gasteiger charge is -2.11. The predicted octanol–water partition coefficient (Wildman–Crippen LogP) is 3.29. The number of oxazole rings is 1. The van der Waals surface area contributed by atoms with Crippen LogP contribution in [0.1, 0.15) is 6.92 Å². The first kappa shape index (κ1) is 16.1. The zero-order valence-electron chi connectivity index (χ0n) is 12.9. The monoisotopic (exact) mass is 346 g/mol. The summed E-state index contributed by atoms with van der Waals surface area (Å²) >= 11 is 5.95. The number of para-hydroxylation sites is 2. The molecule has 0 aliphatic rings. The summed E-state index contributed by atoms with van der Waals surface area (Å²) in [7, 11) is 0. The largest absolute Gasteiger partial charge is 0.492 e. The van der Waals surface area contributed by atoms with Crippen LogP contribution in [0.5, 0.6) is 5.75 Å². The highest BCUT2D eigenvalue weighted by Crippen LogP contribution is 2.24. The lowest BCUT2D eigenvalue weighted by molar-refractivity contribution is -0.116. The van der Waals surface area contributed by atoms with E-state index in [2.05, 4.69) is 5.32 Å². The first-order valence-electron chi connectivity index (χ1n) is 7.39. The molecule has 1 heterocycles. The van der Waals surface area contributed by atoms with Crippen molar-refractivity contribution < 1.29 is 13.9 Å². The Morgan fingerprint density at radius 2 is 2.08 bits per heavy atom. The lowest BCUT2D eigenvalue weighted by atomic mass is 10.3.